The molecular weight excluding hydrogens is 538 g/mol. The summed E-state index contributed by atoms with van der Waals surface area (Å²) in [6, 6.07) is 19.2. The number of aromatic nitrogens is 3. The molecule has 4 N–H and O–H groups in total. The molecule has 0 radical (unpaired) electrons. The number of nitrogens with zero attached hydrogens (tertiary/aromatic N) is 4. The topological polar surface area (TPSA) is 119 Å². The molecule has 2 amide bonds. The van der Waals surface area contributed by atoms with Gasteiger partial charge in [-0.1, -0.05) is 76.6 Å². The van der Waals surface area contributed by atoms with Gasteiger partial charge in [0.15, 0.2) is 5.65 Å². The summed E-state index contributed by atoms with van der Waals surface area (Å²) >= 11 is 0. The van der Waals surface area contributed by atoms with Crippen molar-refractivity contribution >= 4 is 23.2 Å². The number of allylic oxidation sites excluding steroid dienone is 1. The molecule has 0 spiro atoms. The van der Waals surface area contributed by atoms with Crippen LogP contribution in [0.25, 0.3) is 5.65 Å². The van der Waals surface area contributed by atoms with Gasteiger partial charge in [0.2, 0.25) is 0 Å². The van der Waals surface area contributed by atoms with E-state index in [1.165, 1.54) is 0 Å². The number of nitrogens with one attached hydrogen (secondary N) is 2. The molecular formula is C34H41N7O2. The first-order chi connectivity index (χ1) is 20.5. The summed E-state index contributed by atoms with van der Waals surface area (Å²) in [5.74, 6) is 2.30. The zero-order chi connectivity index (χ0) is 30.7. The smallest absolute Gasteiger partial charge is 0.320 e. The van der Waals surface area contributed by atoms with Gasteiger partial charge in [-0.15, -0.1) is 10.2 Å². The highest BCUT2D eigenvalue weighted by Gasteiger charge is 2.30. The number of ether oxygens (including phenoxy) is 1. The van der Waals surface area contributed by atoms with E-state index in [4.69, 9.17) is 10.5 Å². The van der Waals surface area contributed by atoms with Crippen molar-refractivity contribution in [3.8, 4) is 5.75 Å². The van der Waals surface area contributed by atoms with E-state index in [9.17, 15) is 4.79 Å². The van der Waals surface area contributed by atoms with E-state index in [-0.39, 0.29) is 29.5 Å². The summed E-state index contributed by atoms with van der Waals surface area (Å²) in [6.45, 7) is 12.3. The van der Waals surface area contributed by atoms with E-state index in [0.717, 1.165) is 46.0 Å². The van der Waals surface area contributed by atoms with Crippen molar-refractivity contribution in [1.29, 1.82) is 0 Å². The van der Waals surface area contributed by atoms with Gasteiger partial charge in [0.05, 0.1) is 11.7 Å². The predicted octanol–water partition coefficient (Wildman–Crippen LogP) is 7.03. The predicted molar refractivity (Wildman–Crippen MR) is 171 cm³/mol. The van der Waals surface area contributed by atoms with E-state index >= 15 is 0 Å². The van der Waals surface area contributed by atoms with Crippen molar-refractivity contribution < 1.29 is 9.53 Å². The van der Waals surface area contributed by atoms with Crippen molar-refractivity contribution in [2.45, 2.75) is 72.4 Å². The molecule has 0 unspecified atom stereocenters. The van der Waals surface area contributed by atoms with Gasteiger partial charge in [-0.2, -0.15) is 0 Å². The first kappa shape index (κ1) is 29.8. The largest absolute Gasteiger partial charge is 0.486 e. The first-order valence-electron chi connectivity index (χ1n) is 14.8. The fraction of sp³-hybridized carbons (Fsp3) is 0.353. The Balaban J connectivity index is 1.33. The normalized spacial score (nSPS) is 17.6. The Kier molecular flexibility index (Phi) is 8.52. The number of aryl methyl sites for hydroxylation is 1. The quantitative estimate of drug-likeness (QED) is 0.167. The lowest BCUT2D eigenvalue weighted by atomic mass is 9.85. The van der Waals surface area contributed by atoms with Crippen LogP contribution in [0.2, 0.25) is 0 Å². The van der Waals surface area contributed by atoms with Crippen LogP contribution in [0.5, 0.6) is 5.75 Å². The average molecular weight is 580 g/mol. The van der Waals surface area contributed by atoms with Crippen LogP contribution in [-0.4, -0.2) is 26.5 Å². The number of nitrogens with two attached hydrogens (primary N) is 1. The van der Waals surface area contributed by atoms with Crippen molar-refractivity contribution in [2.75, 3.05) is 0 Å². The molecule has 43 heavy (non-hydrogen) atoms. The summed E-state index contributed by atoms with van der Waals surface area (Å²) < 4.78 is 8.47. The standard InChI is InChI=1S/C34H41N7O2/c1-21(2)32-40-39-31-19-24(17-18-41(31)32)43-28-16-15-27(25-9-7-8-10-26(25)28)37-33(42)38-30(20-29(35)34(4,5)6)36-23-13-11-22(3)12-14-23/h7-14,17-21,27-28H,15-16,35H2,1-6H3,(H2,36,37,38,42)/b29-20-/t27-,28+/m0/s1. The number of hydrogen-bond acceptors (Lipinski definition) is 6. The van der Waals surface area contributed by atoms with Crippen LogP contribution in [0.15, 0.2) is 83.6 Å². The molecule has 1 aliphatic carbocycles. The summed E-state index contributed by atoms with van der Waals surface area (Å²) in [4.78, 5) is 18.0. The van der Waals surface area contributed by atoms with Crippen LogP contribution in [0, 0.1) is 12.3 Å². The zero-order valence-corrected chi connectivity index (χ0v) is 25.8. The van der Waals surface area contributed by atoms with Crippen LogP contribution < -0.4 is 21.1 Å². The van der Waals surface area contributed by atoms with Crippen molar-refractivity contribution in [1.82, 2.24) is 25.2 Å². The van der Waals surface area contributed by atoms with Gasteiger partial charge in [-0.3, -0.25) is 9.72 Å². The minimum absolute atomic E-state index is 0.152. The van der Waals surface area contributed by atoms with Gasteiger partial charge in [0.25, 0.3) is 0 Å². The minimum atomic E-state index is -0.346. The second-order valence-corrected chi connectivity index (χ2v) is 12.4. The molecule has 224 valence electrons. The summed E-state index contributed by atoms with van der Waals surface area (Å²) in [7, 11) is 0. The number of fused-ring (bicyclic) bond motifs is 2. The fourth-order valence-electron chi connectivity index (χ4n) is 5.07. The Hall–Kier alpha value is -4.66. The highest BCUT2D eigenvalue weighted by atomic mass is 16.5. The molecule has 0 aliphatic heterocycles. The van der Waals surface area contributed by atoms with Crippen LogP contribution in [-0.2, 0) is 0 Å². The highest BCUT2D eigenvalue weighted by Crippen LogP contribution is 2.39. The third-order valence-corrected chi connectivity index (χ3v) is 7.63. The highest BCUT2D eigenvalue weighted by molar-refractivity contribution is 6.05. The second kappa shape index (κ2) is 12.3. The Labute approximate surface area is 253 Å². The molecule has 0 fully saturated rings. The summed E-state index contributed by atoms with van der Waals surface area (Å²) in [5, 5.41) is 14.7. The number of hydrogen-bond donors (Lipinski definition) is 3. The lowest BCUT2D eigenvalue weighted by Gasteiger charge is -2.32. The number of pyridine rings is 1. The molecule has 2 aromatic heterocycles. The maximum absolute atomic E-state index is 13.3. The number of rotatable bonds is 6. The molecule has 2 atom stereocenters. The molecule has 0 bridgehead atoms. The van der Waals surface area contributed by atoms with Gasteiger partial charge < -0.3 is 15.8 Å². The van der Waals surface area contributed by atoms with Crippen molar-refractivity contribution in [2.24, 2.45) is 16.1 Å². The number of urea groups is 1. The van der Waals surface area contributed by atoms with Crippen LogP contribution in [0.1, 0.15) is 88.0 Å². The fourth-order valence-corrected chi connectivity index (χ4v) is 5.07. The second-order valence-electron chi connectivity index (χ2n) is 12.4. The lowest BCUT2D eigenvalue weighted by Crippen LogP contribution is -2.42. The molecule has 2 aromatic carbocycles. The molecule has 1 aliphatic rings. The Morgan fingerprint density at radius 2 is 1.79 bits per heavy atom. The van der Waals surface area contributed by atoms with Gasteiger partial charge in [-0.25, -0.2) is 9.79 Å². The number of amides is 2. The minimum Gasteiger partial charge on any atom is -0.486 e. The zero-order valence-electron chi connectivity index (χ0n) is 25.8. The number of carbonyl (C=O) groups is 1. The van der Waals surface area contributed by atoms with E-state index in [0.29, 0.717) is 18.0 Å². The van der Waals surface area contributed by atoms with Crippen molar-refractivity contribution in [3.05, 3.63) is 101 Å². The Bertz CT molecular complexity index is 1660. The van der Waals surface area contributed by atoms with Gasteiger partial charge in [-0.05, 0) is 49.1 Å². The lowest BCUT2D eigenvalue weighted by molar-refractivity contribution is 0.172. The molecule has 9 nitrogen and oxygen atoms in total. The third-order valence-electron chi connectivity index (χ3n) is 7.63. The number of aliphatic imine (C=N–C) groups is 1. The number of amidine groups is 1. The van der Waals surface area contributed by atoms with E-state index in [2.05, 4.69) is 45.7 Å². The van der Waals surface area contributed by atoms with E-state index < -0.39 is 0 Å². The Morgan fingerprint density at radius 1 is 1.07 bits per heavy atom. The van der Waals surface area contributed by atoms with Crippen LogP contribution >= 0.6 is 0 Å². The van der Waals surface area contributed by atoms with E-state index in [1.54, 1.807) is 6.08 Å². The molecule has 5 rings (SSSR count). The molecule has 0 saturated heterocycles. The maximum atomic E-state index is 13.3. The van der Waals surface area contributed by atoms with Crippen LogP contribution in [0.3, 0.4) is 0 Å². The first-order valence-corrected chi connectivity index (χ1v) is 14.8. The molecule has 9 heteroatoms. The molecule has 4 aromatic rings. The van der Waals surface area contributed by atoms with Gasteiger partial charge in [0, 0.05) is 35.4 Å². The number of carbonyl (C=O) groups excluding carboxylic acids is 1. The Morgan fingerprint density at radius 3 is 2.49 bits per heavy atom. The SMILES string of the molecule is Cc1ccc(N=C(/C=C(\N)C(C)(C)C)NC(=O)N[C@H]2CC[C@@H](Oc3ccn4c(C(C)C)nnc4c3)c3ccccc32)cc1. The van der Waals surface area contributed by atoms with E-state index in [1.807, 2.05) is 92.9 Å². The monoisotopic (exact) mass is 579 g/mol. The maximum Gasteiger partial charge on any atom is 0.320 e. The van der Waals surface area contributed by atoms with Crippen LogP contribution in [0.4, 0.5) is 10.5 Å². The summed E-state index contributed by atoms with van der Waals surface area (Å²) in [5.41, 5.74) is 11.4. The third kappa shape index (κ3) is 7.05. The molecule has 2 heterocycles. The number of benzene rings is 2. The molecule has 0 saturated carbocycles. The van der Waals surface area contributed by atoms with Gasteiger partial charge in [0.1, 0.15) is 23.5 Å². The van der Waals surface area contributed by atoms with Gasteiger partial charge >= 0.3 is 6.03 Å². The average Bonchev–Trinajstić information content (AvgIpc) is 3.39. The summed E-state index contributed by atoms with van der Waals surface area (Å²) in [6.07, 6.45) is 4.98. The van der Waals surface area contributed by atoms with Crippen molar-refractivity contribution in [3.63, 3.8) is 0 Å².